The van der Waals surface area contributed by atoms with E-state index in [0.717, 1.165) is 13.1 Å². The molecule has 1 heterocycles. The first-order valence-corrected chi connectivity index (χ1v) is 7.41. The van der Waals surface area contributed by atoms with Gasteiger partial charge in [0.15, 0.2) is 9.84 Å². The van der Waals surface area contributed by atoms with Crippen LogP contribution in [0.2, 0.25) is 0 Å². The SMILES string of the molecule is CCN(C)CCNc1ncccc1S(C)(=O)=O. The summed E-state index contributed by atoms with van der Waals surface area (Å²) in [4.78, 5) is 6.44. The normalized spacial score (nSPS) is 11.8. The van der Waals surface area contributed by atoms with Crippen molar-refractivity contribution < 1.29 is 8.42 Å². The topological polar surface area (TPSA) is 62.3 Å². The maximum Gasteiger partial charge on any atom is 0.179 e. The Bertz CT molecular complexity index is 460. The third-order valence-electron chi connectivity index (χ3n) is 2.50. The van der Waals surface area contributed by atoms with Crippen LogP contribution in [0.15, 0.2) is 23.2 Å². The maximum absolute atomic E-state index is 11.5. The first kappa shape index (κ1) is 13.9. The molecule has 17 heavy (non-hydrogen) atoms. The van der Waals surface area contributed by atoms with E-state index in [9.17, 15) is 8.42 Å². The second kappa shape index (κ2) is 5.97. The van der Waals surface area contributed by atoms with Gasteiger partial charge >= 0.3 is 0 Å². The number of rotatable bonds is 6. The van der Waals surface area contributed by atoms with Gasteiger partial charge in [0.25, 0.3) is 0 Å². The second-order valence-electron chi connectivity index (χ2n) is 3.94. The van der Waals surface area contributed by atoms with Gasteiger partial charge in [0, 0.05) is 25.5 Å². The van der Waals surface area contributed by atoms with Gasteiger partial charge < -0.3 is 10.2 Å². The zero-order chi connectivity index (χ0) is 12.9. The molecule has 1 aromatic heterocycles. The van der Waals surface area contributed by atoms with E-state index in [4.69, 9.17) is 0 Å². The summed E-state index contributed by atoms with van der Waals surface area (Å²) in [5.74, 6) is 0.430. The van der Waals surface area contributed by atoms with Gasteiger partial charge in [-0.1, -0.05) is 6.92 Å². The van der Waals surface area contributed by atoms with E-state index in [2.05, 4.69) is 22.1 Å². The summed E-state index contributed by atoms with van der Waals surface area (Å²) in [5.41, 5.74) is 0. The zero-order valence-electron chi connectivity index (χ0n) is 10.5. The lowest BCUT2D eigenvalue weighted by molar-refractivity contribution is 0.367. The van der Waals surface area contributed by atoms with Gasteiger partial charge in [0.2, 0.25) is 0 Å². The van der Waals surface area contributed by atoms with Gasteiger partial charge in [-0.25, -0.2) is 13.4 Å². The first-order valence-electron chi connectivity index (χ1n) is 5.52. The number of nitrogens with zero attached hydrogens (tertiary/aromatic N) is 2. The third-order valence-corrected chi connectivity index (χ3v) is 3.62. The van der Waals surface area contributed by atoms with Crippen LogP contribution in [-0.4, -0.2) is 51.2 Å². The van der Waals surface area contributed by atoms with Crippen molar-refractivity contribution >= 4 is 15.7 Å². The van der Waals surface area contributed by atoms with E-state index in [1.807, 2.05) is 7.05 Å². The predicted octanol–water partition coefficient (Wildman–Crippen LogP) is 0.849. The molecular formula is C11H19N3O2S. The smallest absolute Gasteiger partial charge is 0.179 e. The van der Waals surface area contributed by atoms with E-state index in [0.29, 0.717) is 12.4 Å². The molecule has 0 radical (unpaired) electrons. The first-order chi connectivity index (χ1) is 7.95. The Morgan fingerprint density at radius 2 is 2.18 bits per heavy atom. The molecule has 0 atom stereocenters. The van der Waals surface area contributed by atoms with E-state index in [1.54, 1.807) is 18.3 Å². The molecule has 0 saturated heterocycles. The molecule has 5 nitrogen and oxygen atoms in total. The highest BCUT2D eigenvalue weighted by Gasteiger charge is 2.13. The maximum atomic E-state index is 11.5. The molecule has 0 unspecified atom stereocenters. The van der Waals surface area contributed by atoms with Crippen LogP contribution >= 0.6 is 0 Å². The molecule has 0 aliphatic carbocycles. The molecule has 0 fully saturated rings. The fourth-order valence-corrected chi connectivity index (χ4v) is 2.15. The van der Waals surface area contributed by atoms with Crippen molar-refractivity contribution in [3.05, 3.63) is 18.3 Å². The van der Waals surface area contributed by atoms with Crippen molar-refractivity contribution in [1.29, 1.82) is 0 Å². The van der Waals surface area contributed by atoms with Crippen molar-refractivity contribution in [2.45, 2.75) is 11.8 Å². The van der Waals surface area contributed by atoms with Gasteiger partial charge in [-0.15, -0.1) is 0 Å². The van der Waals surface area contributed by atoms with Crippen LogP contribution in [0.5, 0.6) is 0 Å². The molecule has 0 amide bonds. The van der Waals surface area contributed by atoms with Crippen LogP contribution in [0.3, 0.4) is 0 Å². The monoisotopic (exact) mass is 257 g/mol. The summed E-state index contributed by atoms with van der Waals surface area (Å²) in [6, 6.07) is 3.19. The minimum atomic E-state index is -3.23. The molecular weight excluding hydrogens is 238 g/mol. The highest BCUT2D eigenvalue weighted by molar-refractivity contribution is 7.90. The number of sulfone groups is 1. The van der Waals surface area contributed by atoms with Crippen molar-refractivity contribution in [3.8, 4) is 0 Å². The number of pyridine rings is 1. The zero-order valence-corrected chi connectivity index (χ0v) is 11.3. The fourth-order valence-electron chi connectivity index (χ4n) is 1.35. The minimum absolute atomic E-state index is 0.249. The van der Waals surface area contributed by atoms with Crippen molar-refractivity contribution in [3.63, 3.8) is 0 Å². The Labute approximate surface area is 103 Å². The van der Waals surface area contributed by atoms with Crippen molar-refractivity contribution in [1.82, 2.24) is 9.88 Å². The summed E-state index contributed by atoms with van der Waals surface area (Å²) in [5, 5.41) is 3.05. The predicted molar refractivity (Wildman–Crippen MR) is 69.0 cm³/mol. The Morgan fingerprint density at radius 1 is 1.47 bits per heavy atom. The Balaban J connectivity index is 2.72. The minimum Gasteiger partial charge on any atom is -0.368 e. The lowest BCUT2D eigenvalue weighted by Gasteiger charge is -2.15. The van der Waals surface area contributed by atoms with Gasteiger partial charge in [0.1, 0.15) is 10.7 Å². The molecule has 1 rings (SSSR count). The summed E-state index contributed by atoms with van der Waals surface area (Å²) < 4.78 is 23.0. The van der Waals surface area contributed by atoms with Crippen molar-refractivity contribution in [2.75, 3.05) is 38.3 Å². The van der Waals surface area contributed by atoms with Crippen LogP contribution in [0.25, 0.3) is 0 Å². The van der Waals surface area contributed by atoms with Gasteiger partial charge in [-0.3, -0.25) is 0 Å². The largest absolute Gasteiger partial charge is 0.368 e. The molecule has 0 saturated carbocycles. The van der Waals surface area contributed by atoms with Crippen LogP contribution in [-0.2, 0) is 9.84 Å². The summed E-state index contributed by atoms with van der Waals surface area (Å²) in [6.07, 6.45) is 2.77. The molecule has 0 aliphatic heterocycles. The number of nitrogens with one attached hydrogen (secondary N) is 1. The van der Waals surface area contributed by atoms with Gasteiger partial charge in [0.05, 0.1) is 0 Å². The molecule has 6 heteroatoms. The lowest BCUT2D eigenvalue weighted by atomic mass is 10.4. The Kier molecular flexibility index (Phi) is 4.89. The van der Waals surface area contributed by atoms with E-state index >= 15 is 0 Å². The van der Waals surface area contributed by atoms with Crippen LogP contribution < -0.4 is 5.32 Å². The molecule has 0 spiro atoms. The fraction of sp³-hybridized carbons (Fsp3) is 0.545. The van der Waals surface area contributed by atoms with Crippen LogP contribution in [0.4, 0.5) is 5.82 Å². The number of likely N-dealkylation sites (N-methyl/N-ethyl adjacent to an activating group) is 1. The van der Waals surface area contributed by atoms with Crippen LogP contribution in [0, 0.1) is 0 Å². The molecule has 1 aromatic rings. The van der Waals surface area contributed by atoms with Crippen molar-refractivity contribution in [2.24, 2.45) is 0 Å². The summed E-state index contributed by atoms with van der Waals surface area (Å²) in [7, 11) is -1.22. The Morgan fingerprint density at radius 3 is 2.76 bits per heavy atom. The average Bonchev–Trinajstić information content (AvgIpc) is 2.28. The van der Waals surface area contributed by atoms with E-state index in [-0.39, 0.29) is 4.90 Å². The number of hydrogen-bond donors (Lipinski definition) is 1. The highest BCUT2D eigenvalue weighted by atomic mass is 32.2. The van der Waals surface area contributed by atoms with Crippen LogP contribution in [0.1, 0.15) is 6.92 Å². The second-order valence-corrected chi connectivity index (χ2v) is 5.93. The molecule has 0 aliphatic rings. The van der Waals surface area contributed by atoms with E-state index < -0.39 is 9.84 Å². The van der Waals surface area contributed by atoms with Gasteiger partial charge in [-0.2, -0.15) is 0 Å². The van der Waals surface area contributed by atoms with Gasteiger partial charge in [-0.05, 0) is 25.7 Å². The average molecular weight is 257 g/mol. The highest BCUT2D eigenvalue weighted by Crippen LogP contribution is 2.17. The lowest BCUT2D eigenvalue weighted by Crippen LogP contribution is -2.25. The Hall–Kier alpha value is -1.14. The molecule has 0 aromatic carbocycles. The molecule has 1 N–H and O–H groups in total. The summed E-state index contributed by atoms with van der Waals surface area (Å²) >= 11 is 0. The number of hydrogen-bond acceptors (Lipinski definition) is 5. The van der Waals surface area contributed by atoms with E-state index in [1.165, 1.54) is 6.26 Å². The summed E-state index contributed by atoms with van der Waals surface area (Å²) in [6.45, 7) is 4.55. The number of anilines is 1. The third kappa shape index (κ3) is 4.32. The quantitative estimate of drug-likeness (QED) is 0.818. The number of aromatic nitrogens is 1. The standard InChI is InChI=1S/C11H19N3O2S/c1-4-14(2)9-8-13-11-10(17(3,15)16)6-5-7-12-11/h5-7H,4,8-9H2,1-3H3,(H,12,13). The molecule has 0 bridgehead atoms. The molecule has 96 valence electrons.